The van der Waals surface area contributed by atoms with Crippen molar-refractivity contribution in [2.75, 3.05) is 45.9 Å². The summed E-state index contributed by atoms with van der Waals surface area (Å²) in [7, 11) is 0. The number of piperazine rings is 1. The van der Waals surface area contributed by atoms with E-state index in [1.165, 1.54) is 5.56 Å². The molecule has 1 amide bonds. The number of nitrogens with one attached hydrogen (secondary N) is 1. The highest BCUT2D eigenvalue weighted by molar-refractivity contribution is 5.94. The highest BCUT2D eigenvalue weighted by Gasteiger charge is 2.24. The first-order chi connectivity index (χ1) is 10.7. The number of hydrogen-bond donors (Lipinski definition) is 1. The predicted molar refractivity (Wildman–Crippen MR) is 85.9 cm³/mol. The average molecular weight is 303 g/mol. The number of nitrogens with zero attached hydrogens (tertiary/aromatic N) is 2. The molecule has 5 heteroatoms. The first kappa shape index (κ1) is 15.5. The van der Waals surface area contributed by atoms with Crippen LogP contribution >= 0.6 is 0 Å². The molecule has 1 aromatic rings. The summed E-state index contributed by atoms with van der Waals surface area (Å²) in [5, 5.41) is 3.32. The summed E-state index contributed by atoms with van der Waals surface area (Å²) in [6.45, 7) is 9.06. The number of morpholine rings is 1. The van der Waals surface area contributed by atoms with Crippen molar-refractivity contribution in [1.82, 2.24) is 15.1 Å². The van der Waals surface area contributed by atoms with Crippen LogP contribution in [0.25, 0.3) is 0 Å². The van der Waals surface area contributed by atoms with E-state index < -0.39 is 0 Å². The van der Waals surface area contributed by atoms with Crippen LogP contribution in [0.5, 0.6) is 0 Å². The largest absolute Gasteiger partial charge is 0.379 e. The van der Waals surface area contributed by atoms with Gasteiger partial charge in [0.25, 0.3) is 5.91 Å². The molecule has 2 heterocycles. The molecular weight excluding hydrogens is 278 g/mol. The summed E-state index contributed by atoms with van der Waals surface area (Å²) in [6, 6.07) is 8.33. The second kappa shape index (κ2) is 7.22. The Bertz CT molecular complexity index is 514. The van der Waals surface area contributed by atoms with Gasteiger partial charge in [-0.3, -0.25) is 9.69 Å². The van der Waals surface area contributed by atoms with Crippen molar-refractivity contribution in [2.24, 2.45) is 0 Å². The van der Waals surface area contributed by atoms with Crippen LogP contribution in [-0.2, 0) is 11.3 Å². The van der Waals surface area contributed by atoms with E-state index in [4.69, 9.17) is 4.74 Å². The topological polar surface area (TPSA) is 44.8 Å². The van der Waals surface area contributed by atoms with Crippen LogP contribution < -0.4 is 5.32 Å². The highest BCUT2D eigenvalue weighted by atomic mass is 16.5. The maximum atomic E-state index is 12.7. The van der Waals surface area contributed by atoms with Crippen LogP contribution in [0.1, 0.15) is 22.8 Å². The fraction of sp³-hybridized carbons (Fsp3) is 0.588. The quantitative estimate of drug-likeness (QED) is 0.903. The first-order valence-corrected chi connectivity index (χ1v) is 8.15. The van der Waals surface area contributed by atoms with E-state index >= 15 is 0 Å². The lowest BCUT2D eigenvalue weighted by Gasteiger charge is -2.34. The minimum atomic E-state index is 0.151. The maximum absolute atomic E-state index is 12.7. The Labute approximate surface area is 132 Å². The molecule has 0 aromatic heterocycles. The third-order valence-corrected chi connectivity index (χ3v) is 4.45. The van der Waals surface area contributed by atoms with E-state index in [-0.39, 0.29) is 11.9 Å². The molecule has 5 nitrogen and oxygen atoms in total. The van der Waals surface area contributed by atoms with Gasteiger partial charge in [0.2, 0.25) is 0 Å². The molecule has 0 radical (unpaired) electrons. The summed E-state index contributed by atoms with van der Waals surface area (Å²) in [5.74, 6) is 0.151. The molecule has 2 aliphatic heterocycles. The predicted octanol–water partition coefficient (Wildman–Crippen LogP) is 0.953. The summed E-state index contributed by atoms with van der Waals surface area (Å²) in [6.07, 6.45) is 0. The van der Waals surface area contributed by atoms with E-state index in [0.29, 0.717) is 0 Å². The van der Waals surface area contributed by atoms with Crippen LogP contribution in [-0.4, -0.2) is 67.7 Å². The Balaban J connectivity index is 1.68. The highest BCUT2D eigenvalue weighted by Crippen LogP contribution is 2.14. The zero-order valence-corrected chi connectivity index (χ0v) is 13.3. The molecule has 0 saturated carbocycles. The van der Waals surface area contributed by atoms with Gasteiger partial charge in [-0.05, 0) is 24.6 Å². The summed E-state index contributed by atoms with van der Waals surface area (Å²) >= 11 is 0. The van der Waals surface area contributed by atoms with Crippen molar-refractivity contribution in [1.29, 1.82) is 0 Å². The molecule has 2 saturated heterocycles. The lowest BCUT2D eigenvalue weighted by atomic mass is 10.1. The smallest absolute Gasteiger partial charge is 0.254 e. The van der Waals surface area contributed by atoms with Gasteiger partial charge in [0.1, 0.15) is 0 Å². The number of hydrogen-bond acceptors (Lipinski definition) is 4. The Kier molecular flexibility index (Phi) is 5.08. The van der Waals surface area contributed by atoms with Gasteiger partial charge < -0.3 is 15.0 Å². The molecule has 3 rings (SSSR count). The van der Waals surface area contributed by atoms with Crippen molar-refractivity contribution in [2.45, 2.75) is 19.5 Å². The minimum absolute atomic E-state index is 0.151. The van der Waals surface area contributed by atoms with Crippen LogP contribution in [0.2, 0.25) is 0 Å². The zero-order chi connectivity index (χ0) is 15.4. The van der Waals surface area contributed by atoms with E-state index in [2.05, 4.69) is 23.2 Å². The fourth-order valence-electron chi connectivity index (χ4n) is 3.13. The van der Waals surface area contributed by atoms with Crippen LogP contribution in [0.4, 0.5) is 0 Å². The molecule has 0 aliphatic carbocycles. The second-order valence-electron chi connectivity index (χ2n) is 6.14. The lowest BCUT2D eigenvalue weighted by molar-refractivity contribution is 0.0341. The van der Waals surface area contributed by atoms with Crippen LogP contribution in [0.3, 0.4) is 0 Å². The fourth-order valence-corrected chi connectivity index (χ4v) is 3.13. The molecule has 120 valence electrons. The number of carbonyl (C=O) groups is 1. The monoisotopic (exact) mass is 303 g/mol. The number of carbonyl (C=O) groups excluding carboxylic acids is 1. The van der Waals surface area contributed by atoms with Gasteiger partial charge in [0.15, 0.2) is 0 Å². The SMILES string of the molecule is CC1CNCCN1C(=O)c1cccc(CN2CCOCC2)c1. The number of ether oxygens (including phenoxy) is 1. The Hall–Kier alpha value is -1.43. The maximum Gasteiger partial charge on any atom is 0.254 e. The average Bonchev–Trinajstić information content (AvgIpc) is 2.56. The van der Waals surface area contributed by atoms with Crippen molar-refractivity contribution in [3.8, 4) is 0 Å². The Morgan fingerprint density at radius 3 is 2.91 bits per heavy atom. The van der Waals surface area contributed by atoms with E-state index in [0.717, 1.165) is 58.0 Å². The van der Waals surface area contributed by atoms with Crippen LogP contribution in [0.15, 0.2) is 24.3 Å². The van der Waals surface area contributed by atoms with Crippen molar-refractivity contribution in [3.05, 3.63) is 35.4 Å². The summed E-state index contributed by atoms with van der Waals surface area (Å²) in [5.41, 5.74) is 2.01. The standard InChI is InChI=1S/C17H25N3O2/c1-14-12-18-5-6-20(14)17(21)16-4-2-3-15(11-16)13-19-7-9-22-10-8-19/h2-4,11,14,18H,5-10,12-13H2,1H3. The Morgan fingerprint density at radius 1 is 1.32 bits per heavy atom. The first-order valence-electron chi connectivity index (χ1n) is 8.15. The third-order valence-electron chi connectivity index (χ3n) is 4.45. The van der Waals surface area contributed by atoms with Crippen molar-refractivity contribution < 1.29 is 9.53 Å². The molecule has 0 spiro atoms. The lowest BCUT2D eigenvalue weighted by Crippen LogP contribution is -2.52. The normalized spacial score (nSPS) is 23.5. The van der Waals surface area contributed by atoms with Gasteiger partial charge >= 0.3 is 0 Å². The van der Waals surface area contributed by atoms with E-state index in [1.54, 1.807) is 0 Å². The van der Waals surface area contributed by atoms with Gasteiger partial charge in [-0.15, -0.1) is 0 Å². The molecule has 1 unspecified atom stereocenters. The number of rotatable bonds is 3. The van der Waals surface area contributed by atoms with Gasteiger partial charge in [0.05, 0.1) is 13.2 Å². The van der Waals surface area contributed by atoms with Gasteiger partial charge in [-0.25, -0.2) is 0 Å². The van der Waals surface area contributed by atoms with Gasteiger partial charge in [-0.2, -0.15) is 0 Å². The molecule has 22 heavy (non-hydrogen) atoms. The van der Waals surface area contributed by atoms with Gasteiger partial charge in [-0.1, -0.05) is 12.1 Å². The summed E-state index contributed by atoms with van der Waals surface area (Å²) < 4.78 is 5.38. The number of benzene rings is 1. The van der Waals surface area contributed by atoms with Crippen LogP contribution in [0, 0.1) is 0 Å². The molecule has 1 N–H and O–H groups in total. The van der Waals surface area contributed by atoms with Gasteiger partial charge in [0, 0.05) is 50.9 Å². The van der Waals surface area contributed by atoms with E-state index in [9.17, 15) is 4.79 Å². The second-order valence-corrected chi connectivity index (χ2v) is 6.14. The molecule has 1 atom stereocenters. The molecular formula is C17H25N3O2. The molecule has 2 fully saturated rings. The Morgan fingerprint density at radius 2 is 2.14 bits per heavy atom. The summed E-state index contributed by atoms with van der Waals surface area (Å²) in [4.78, 5) is 17.1. The molecule has 2 aliphatic rings. The van der Waals surface area contributed by atoms with E-state index in [1.807, 2.05) is 23.1 Å². The molecule has 0 bridgehead atoms. The van der Waals surface area contributed by atoms with Crippen molar-refractivity contribution >= 4 is 5.91 Å². The number of amides is 1. The third kappa shape index (κ3) is 3.66. The van der Waals surface area contributed by atoms with Crippen molar-refractivity contribution in [3.63, 3.8) is 0 Å². The molecule has 1 aromatic carbocycles. The zero-order valence-electron chi connectivity index (χ0n) is 13.3. The minimum Gasteiger partial charge on any atom is -0.379 e.